The Morgan fingerprint density at radius 2 is 2.43 bits per heavy atom. The number of hydrogen-bond donors (Lipinski definition) is 1. The third-order valence-electron chi connectivity index (χ3n) is 0.253. The van der Waals surface area contributed by atoms with Crippen LogP contribution in [0.1, 0.15) is 7.85 Å². The van der Waals surface area contributed by atoms with Crippen LogP contribution in [0.5, 0.6) is 0 Å². The molecule has 0 aromatic rings. The van der Waals surface area contributed by atoms with E-state index in [-0.39, 0.29) is 26.7 Å². The summed E-state index contributed by atoms with van der Waals surface area (Å²) < 4.78 is 0. The van der Waals surface area contributed by atoms with E-state index >= 15 is 0 Å². The zero-order valence-corrected chi connectivity index (χ0v) is 4.14. The SMILES string of the molecule is N#CCC(N)=O.[H-].[Li+]. The predicted octanol–water partition coefficient (Wildman–Crippen LogP) is -3.50. The topological polar surface area (TPSA) is 66.9 Å². The predicted molar refractivity (Wildman–Crippen MR) is 20.5 cm³/mol. The van der Waals surface area contributed by atoms with Crippen molar-refractivity contribution in [1.29, 1.82) is 5.26 Å². The molecular weight excluding hydrogens is 87.0 g/mol. The molecule has 3 nitrogen and oxygen atoms in total. The van der Waals surface area contributed by atoms with Crippen molar-refractivity contribution in [3.8, 4) is 6.07 Å². The van der Waals surface area contributed by atoms with Gasteiger partial charge in [0.1, 0.15) is 6.42 Å². The van der Waals surface area contributed by atoms with Crippen molar-refractivity contribution in [1.82, 2.24) is 0 Å². The summed E-state index contributed by atoms with van der Waals surface area (Å²) in [6.07, 6.45) is -0.181. The first-order valence-corrected chi connectivity index (χ1v) is 1.42. The fraction of sp³-hybridized carbons (Fsp3) is 0.333. The van der Waals surface area contributed by atoms with Crippen molar-refractivity contribution < 1.29 is 25.1 Å². The molecule has 0 aromatic carbocycles. The van der Waals surface area contributed by atoms with Gasteiger partial charge < -0.3 is 7.16 Å². The van der Waals surface area contributed by atoms with Crippen molar-refractivity contribution >= 4 is 5.91 Å². The first-order valence-electron chi connectivity index (χ1n) is 1.42. The summed E-state index contributed by atoms with van der Waals surface area (Å²) in [4.78, 5) is 9.60. The third-order valence-corrected chi connectivity index (χ3v) is 0.253. The van der Waals surface area contributed by atoms with E-state index in [2.05, 4.69) is 5.73 Å². The van der Waals surface area contributed by atoms with Gasteiger partial charge in [0.05, 0.1) is 6.07 Å². The summed E-state index contributed by atoms with van der Waals surface area (Å²) in [5.41, 5.74) is 4.54. The Bertz CT molecular complexity index is 99.9. The molecule has 0 aliphatic rings. The number of hydrogen-bond acceptors (Lipinski definition) is 2. The standard InChI is InChI=1S/C3H4N2O.Li.H/c4-2-1-3(5)6;;/h1H2,(H2,5,6);;/q;+1;-1. The number of carbonyl (C=O) groups excluding carboxylic acids is 1. The number of carbonyl (C=O) groups is 1. The quantitative estimate of drug-likeness (QED) is 0.341. The smallest absolute Gasteiger partial charge is 1.00 e. The second kappa shape index (κ2) is 5.56. The Kier molecular flexibility index (Phi) is 7.74. The average Bonchev–Trinajstić information content (AvgIpc) is 1.35. The summed E-state index contributed by atoms with van der Waals surface area (Å²) in [5.74, 6) is -0.572. The minimum atomic E-state index is -0.572. The molecule has 0 fully saturated rings. The number of nitrogens with two attached hydrogens (primary N) is 1. The molecule has 1 amide bonds. The minimum Gasteiger partial charge on any atom is -1.00 e. The van der Waals surface area contributed by atoms with Gasteiger partial charge in [-0.05, 0) is 0 Å². The van der Waals surface area contributed by atoms with Crippen LogP contribution in [0.2, 0.25) is 0 Å². The Balaban J connectivity index is -0.000000125. The largest absolute Gasteiger partial charge is 1.00 e. The first-order chi connectivity index (χ1) is 2.77. The molecular formula is C3H5LiN2O. The van der Waals surface area contributed by atoms with Crippen LogP contribution in [0.15, 0.2) is 0 Å². The maximum atomic E-state index is 9.60. The van der Waals surface area contributed by atoms with E-state index < -0.39 is 5.91 Å². The van der Waals surface area contributed by atoms with Gasteiger partial charge in [-0.25, -0.2) is 0 Å². The van der Waals surface area contributed by atoms with E-state index in [0.29, 0.717) is 0 Å². The zero-order chi connectivity index (χ0) is 4.99. The van der Waals surface area contributed by atoms with Gasteiger partial charge in [-0.2, -0.15) is 5.26 Å². The average molecular weight is 92.0 g/mol. The molecule has 7 heavy (non-hydrogen) atoms. The second-order valence-corrected chi connectivity index (χ2v) is 0.801. The van der Waals surface area contributed by atoms with Gasteiger partial charge in [-0.1, -0.05) is 0 Å². The monoisotopic (exact) mass is 92.1 g/mol. The number of rotatable bonds is 1. The number of amides is 1. The summed E-state index contributed by atoms with van der Waals surface area (Å²) in [6, 6.07) is 1.59. The number of nitrogens with zero attached hydrogens (tertiary/aromatic N) is 1. The maximum Gasteiger partial charge on any atom is 1.00 e. The molecule has 0 aliphatic carbocycles. The molecule has 0 rings (SSSR count). The molecule has 2 N–H and O–H groups in total. The molecule has 0 heterocycles. The fourth-order valence-corrected chi connectivity index (χ4v) is 0.0779. The molecule has 0 atom stereocenters. The van der Waals surface area contributed by atoms with Crippen molar-refractivity contribution in [2.75, 3.05) is 0 Å². The molecule has 0 unspecified atom stereocenters. The van der Waals surface area contributed by atoms with E-state index in [1.54, 1.807) is 6.07 Å². The molecule has 0 spiro atoms. The van der Waals surface area contributed by atoms with Gasteiger partial charge in [-0.15, -0.1) is 0 Å². The Morgan fingerprint density at radius 1 is 2.00 bits per heavy atom. The molecule has 0 aliphatic heterocycles. The summed E-state index contributed by atoms with van der Waals surface area (Å²) in [5, 5.41) is 7.69. The molecule has 0 radical (unpaired) electrons. The summed E-state index contributed by atoms with van der Waals surface area (Å²) >= 11 is 0. The van der Waals surface area contributed by atoms with Gasteiger partial charge in [0.25, 0.3) is 0 Å². The van der Waals surface area contributed by atoms with Gasteiger partial charge in [0.15, 0.2) is 0 Å². The maximum absolute atomic E-state index is 9.60. The molecule has 0 saturated heterocycles. The normalized spacial score (nSPS) is 5.57. The van der Waals surface area contributed by atoms with Crippen LogP contribution >= 0.6 is 0 Å². The zero-order valence-electron chi connectivity index (χ0n) is 5.14. The first kappa shape index (κ1) is 9.75. The number of nitriles is 1. The van der Waals surface area contributed by atoms with Gasteiger partial charge in [-0.3, -0.25) is 4.79 Å². The van der Waals surface area contributed by atoms with Crippen molar-refractivity contribution in [2.45, 2.75) is 6.42 Å². The molecule has 4 heteroatoms. The van der Waals surface area contributed by atoms with E-state index in [9.17, 15) is 4.79 Å². The van der Waals surface area contributed by atoms with Crippen LogP contribution in [0.4, 0.5) is 0 Å². The van der Waals surface area contributed by atoms with Gasteiger partial charge >= 0.3 is 18.9 Å². The van der Waals surface area contributed by atoms with E-state index in [4.69, 9.17) is 5.26 Å². The minimum absolute atomic E-state index is 0. The van der Waals surface area contributed by atoms with Crippen LogP contribution < -0.4 is 24.6 Å². The Hall–Kier alpha value is -0.443. The van der Waals surface area contributed by atoms with Crippen molar-refractivity contribution in [3.63, 3.8) is 0 Å². The Morgan fingerprint density at radius 3 is 2.43 bits per heavy atom. The molecule has 0 aromatic heterocycles. The van der Waals surface area contributed by atoms with Crippen LogP contribution in [0.25, 0.3) is 0 Å². The van der Waals surface area contributed by atoms with Crippen LogP contribution in [-0.2, 0) is 4.79 Å². The fourth-order valence-electron chi connectivity index (χ4n) is 0.0779. The summed E-state index contributed by atoms with van der Waals surface area (Å²) in [6.45, 7) is 0. The summed E-state index contributed by atoms with van der Waals surface area (Å²) in [7, 11) is 0. The van der Waals surface area contributed by atoms with Gasteiger partial charge in [0.2, 0.25) is 5.91 Å². The van der Waals surface area contributed by atoms with Crippen LogP contribution in [0, 0.1) is 11.3 Å². The van der Waals surface area contributed by atoms with E-state index in [1.165, 1.54) is 0 Å². The van der Waals surface area contributed by atoms with Gasteiger partial charge in [0, 0.05) is 0 Å². The van der Waals surface area contributed by atoms with Crippen LogP contribution in [-0.4, -0.2) is 5.91 Å². The second-order valence-electron chi connectivity index (χ2n) is 0.801. The van der Waals surface area contributed by atoms with E-state index in [1.807, 2.05) is 0 Å². The molecule has 34 valence electrons. The van der Waals surface area contributed by atoms with Crippen LogP contribution in [0.3, 0.4) is 0 Å². The number of primary amides is 1. The third kappa shape index (κ3) is 10.8. The van der Waals surface area contributed by atoms with Crippen molar-refractivity contribution in [3.05, 3.63) is 0 Å². The Labute approximate surface area is 55.1 Å². The van der Waals surface area contributed by atoms with E-state index in [0.717, 1.165) is 0 Å². The van der Waals surface area contributed by atoms with Crippen molar-refractivity contribution in [2.24, 2.45) is 5.73 Å². The molecule has 0 saturated carbocycles. The molecule has 0 bridgehead atoms.